The molecule has 4 radical (unpaired) electrons. The minimum atomic E-state index is -1.21. The smallest absolute Gasteiger partial charge is 0.334 e. The van der Waals surface area contributed by atoms with E-state index in [0.29, 0.717) is 0 Å². The fourth-order valence-electron chi connectivity index (χ4n) is 0.758. The van der Waals surface area contributed by atoms with Crippen LogP contribution < -0.4 is 10.9 Å². The summed E-state index contributed by atoms with van der Waals surface area (Å²) in [4.78, 5) is 14.1. The molecule has 1 aromatic heterocycles. The van der Waals surface area contributed by atoms with Gasteiger partial charge in [-0.1, -0.05) is 17.1 Å². The highest BCUT2D eigenvalue weighted by Crippen LogP contribution is 2.00. The standard InChI is InChI=1S/C6H2B2ClNO2/c7-2-1-10-5(9)4(8)3(2)6(11)12/h1H,(H,11,12). The molecule has 0 saturated heterocycles. The van der Waals surface area contributed by atoms with Gasteiger partial charge in [-0.3, -0.25) is 0 Å². The van der Waals surface area contributed by atoms with E-state index in [-0.39, 0.29) is 21.6 Å². The van der Waals surface area contributed by atoms with Crippen LogP contribution in [-0.4, -0.2) is 31.8 Å². The summed E-state index contributed by atoms with van der Waals surface area (Å²) in [6, 6.07) is 0. The van der Waals surface area contributed by atoms with Crippen molar-refractivity contribution in [2.75, 3.05) is 0 Å². The van der Waals surface area contributed by atoms with Gasteiger partial charge in [-0.15, -0.1) is 0 Å². The number of carboxylic acids is 1. The first-order valence-electron chi connectivity index (χ1n) is 2.96. The third kappa shape index (κ3) is 1.46. The number of pyridine rings is 1. The Morgan fingerprint density at radius 2 is 2.17 bits per heavy atom. The molecule has 1 N–H and O–H groups in total. The van der Waals surface area contributed by atoms with Crippen molar-refractivity contribution in [3.63, 3.8) is 0 Å². The van der Waals surface area contributed by atoms with Crippen molar-refractivity contribution in [3.05, 3.63) is 16.9 Å². The maximum atomic E-state index is 10.5. The number of nitrogens with zero attached hydrogens (tertiary/aromatic N) is 1. The molecular formula is C6H2B2ClNO2. The first kappa shape index (κ1) is 9.13. The van der Waals surface area contributed by atoms with Gasteiger partial charge in [-0.2, -0.15) is 0 Å². The number of hydrogen-bond donors (Lipinski definition) is 1. The minimum absolute atomic E-state index is 0.00407. The number of rotatable bonds is 1. The molecule has 0 saturated carbocycles. The molecule has 1 aromatic rings. The lowest BCUT2D eigenvalue weighted by atomic mass is 9.83. The Kier molecular flexibility index (Phi) is 2.43. The minimum Gasteiger partial charge on any atom is -0.478 e. The molecule has 12 heavy (non-hydrogen) atoms. The van der Waals surface area contributed by atoms with Crippen LogP contribution in [0.4, 0.5) is 0 Å². The zero-order chi connectivity index (χ0) is 9.30. The second-order valence-electron chi connectivity index (χ2n) is 2.10. The third-order valence-electron chi connectivity index (χ3n) is 1.31. The molecule has 0 bridgehead atoms. The van der Waals surface area contributed by atoms with Crippen molar-refractivity contribution < 1.29 is 9.90 Å². The second-order valence-corrected chi connectivity index (χ2v) is 2.46. The van der Waals surface area contributed by atoms with Gasteiger partial charge >= 0.3 is 5.97 Å². The van der Waals surface area contributed by atoms with Gasteiger partial charge < -0.3 is 5.11 Å². The summed E-state index contributed by atoms with van der Waals surface area (Å²) in [7, 11) is 10.6. The summed E-state index contributed by atoms with van der Waals surface area (Å²) in [5.41, 5.74) is -0.302. The molecule has 0 aliphatic rings. The molecule has 1 rings (SSSR count). The maximum Gasteiger partial charge on any atom is 0.334 e. The quantitative estimate of drug-likeness (QED) is 0.443. The van der Waals surface area contributed by atoms with Gasteiger partial charge in [-0.25, -0.2) is 9.78 Å². The van der Waals surface area contributed by atoms with Crippen LogP contribution in [0.5, 0.6) is 0 Å². The van der Waals surface area contributed by atoms with Crippen LogP contribution in [0, 0.1) is 0 Å². The van der Waals surface area contributed by atoms with E-state index < -0.39 is 5.97 Å². The largest absolute Gasteiger partial charge is 0.478 e. The Labute approximate surface area is 76.6 Å². The number of aromatic nitrogens is 1. The fourth-order valence-corrected chi connectivity index (χ4v) is 0.901. The molecule has 1 heterocycles. The van der Waals surface area contributed by atoms with E-state index >= 15 is 0 Å². The van der Waals surface area contributed by atoms with E-state index in [4.69, 9.17) is 32.4 Å². The molecule has 0 aliphatic heterocycles. The predicted molar refractivity (Wildman–Crippen MR) is 47.0 cm³/mol. The summed E-state index contributed by atoms with van der Waals surface area (Å²) in [6.45, 7) is 0. The highest BCUT2D eigenvalue weighted by atomic mass is 35.5. The van der Waals surface area contributed by atoms with Gasteiger partial charge in [-0.05, 0) is 5.46 Å². The van der Waals surface area contributed by atoms with Crippen LogP contribution in [-0.2, 0) is 0 Å². The summed E-state index contributed by atoms with van der Waals surface area (Å²) >= 11 is 5.47. The highest BCUT2D eigenvalue weighted by Gasteiger charge is 2.12. The van der Waals surface area contributed by atoms with Crippen molar-refractivity contribution in [3.8, 4) is 0 Å². The molecule has 0 fully saturated rings. The first-order chi connectivity index (χ1) is 5.54. The zero-order valence-corrected chi connectivity index (χ0v) is 6.67. The van der Waals surface area contributed by atoms with Crippen molar-refractivity contribution in [1.82, 2.24) is 4.98 Å². The zero-order valence-electron chi connectivity index (χ0n) is 5.91. The average molecular weight is 177 g/mol. The van der Waals surface area contributed by atoms with E-state index in [1.165, 1.54) is 0 Å². The Balaban J connectivity index is 3.43. The number of carbonyl (C=O) groups is 1. The van der Waals surface area contributed by atoms with E-state index in [1.807, 2.05) is 0 Å². The van der Waals surface area contributed by atoms with Crippen LogP contribution in [0.2, 0.25) is 5.15 Å². The van der Waals surface area contributed by atoms with Crippen LogP contribution >= 0.6 is 11.6 Å². The van der Waals surface area contributed by atoms with Gasteiger partial charge in [0.15, 0.2) is 0 Å². The third-order valence-corrected chi connectivity index (χ3v) is 1.61. The molecule has 0 atom stereocenters. The maximum absolute atomic E-state index is 10.5. The Morgan fingerprint density at radius 3 is 2.58 bits per heavy atom. The molecule has 6 heteroatoms. The van der Waals surface area contributed by atoms with Gasteiger partial charge in [0, 0.05) is 11.8 Å². The molecule has 0 unspecified atom stereocenters. The number of aromatic carboxylic acids is 1. The first-order valence-corrected chi connectivity index (χ1v) is 3.34. The van der Waals surface area contributed by atoms with Gasteiger partial charge in [0.1, 0.15) is 20.8 Å². The Bertz CT molecular complexity index is 343. The van der Waals surface area contributed by atoms with Crippen molar-refractivity contribution in [2.45, 2.75) is 0 Å². The lowest BCUT2D eigenvalue weighted by Crippen LogP contribution is -2.28. The molecule has 0 amide bonds. The Hall–Kier alpha value is -0.960. The van der Waals surface area contributed by atoms with Crippen molar-refractivity contribution >= 4 is 44.2 Å². The van der Waals surface area contributed by atoms with Crippen LogP contribution in [0.3, 0.4) is 0 Å². The summed E-state index contributed by atoms with van der Waals surface area (Å²) in [5, 5.41) is 8.57. The van der Waals surface area contributed by atoms with E-state index in [9.17, 15) is 4.79 Å². The lowest BCUT2D eigenvalue weighted by Gasteiger charge is -2.05. The molecule has 0 aliphatic carbocycles. The van der Waals surface area contributed by atoms with Gasteiger partial charge in [0.2, 0.25) is 0 Å². The number of hydrogen-bond acceptors (Lipinski definition) is 2. The Morgan fingerprint density at radius 1 is 1.58 bits per heavy atom. The van der Waals surface area contributed by atoms with Crippen molar-refractivity contribution in [1.29, 1.82) is 0 Å². The summed E-state index contributed by atoms with van der Waals surface area (Å²) < 4.78 is 0. The number of halogens is 1. The summed E-state index contributed by atoms with van der Waals surface area (Å²) in [5.74, 6) is -1.21. The molecule has 3 nitrogen and oxygen atoms in total. The van der Waals surface area contributed by atoms with Gasteiger partial charge in [0.25, 0.3) is 0 Å². The van der Waals surface area contributed by atoms with E-state index in [1.54, 1.807) is 0 Å². The summed E-state index contributed by atoms with van der Waals surface area (Å²) in [6.07, 6.45) is 1.15. The monoisotopic (exact) mass is 177 g/mol. The topological polar surface area (TPSA) is 50.2 Å². The molecule has 0 aromatic carbocycles. The fraction of sp³-hybridized carbons (Fsp3) is 0. The van der Waals surface area contributed by atoms with E-state index in [2.05, 4.69) is 4.98 Å². The molecule has 0 spiro atoms. The SMILES string of the molecule is [B]c1cnc(Cl)c([B])c1C(=O)O. The highest BCUT2D eigenvalue weighted by molar-refractivity contribution is 6.49. The van der Waals surface area contributed by atoms with Crippen LogP contribution in [0.25, 0.3) is 0 Å². The molecule has 56 valence electrons. The van der Waals surface area contributed by atoms with E-state index in [0.717, 1.165) is 6.20 Å². The molecular weight excluding hydrogens is 175 g/mol. The number of carboxylic acid groups (broad SMARTS) is 1. The second kappa shape index (κ2) is 3.19. The van der Waals surface area contributed by atoms with Crippen LogP contribution in [0.15, 0.2) is 6.20 Å². The van der Waals surface area contributed by atoms with Gasteiger partial charge in [0.05, 0.1) is 0 Å². The van der Waals surface area contributed by atoms with Crippen molar-refractivity contribution in [2.24, 2.45) is 0 Å². The average Bonchev–Trinajstić information content (AvgIpc) is 1.97. The lowest BCUT2D eigenvalue weighted by molar-refractivity contribution is 0.0700. The normalized spacial score (nSPS) is 9.75. The van der Waals surface area contributed by atoms with Crippen LogP contribution in [0.1, 0.15) is 10.4 Å². The predicted octanol–water partition coefficient (Wildman–Crippen LogP) is -0.979.